The van der Waals surface area contributed by atoms with Crippen LogP contribution in [0.1, 0.15) is 5.56 Å². The summed E-state index contributed by atoms with van der Waals surface area (Å²) >= 11 is 0. The lowest BCUT2D eigenvalue weighted by atomic mass is 9.77. The van der Waals surface area contributed by atoms with Crippen molar-refractivity contribution in [2.75, 3.05) is 18.6 Å². The van der Waals surface area contributed by atoms with Crippen molar-refractivity contribution in [2.24, 2.45) is 11.8 Å². The number of methoxy groups -OCH3 is 1. The number of hydrogen-bond acceptors (Lipinski definition) is 4. The van der Waals surface area contributed by atoms with Crippen LogP contribution in [-0.4, -0.2) is 37.2 Å². The van der Waals surface area contributed by atoms with Gasteiger partial charge in [-0.05, 0) is 19.1 Å². The molecule has 2 bridgehead atoms. The van der Waals surface area contributed by atoms with E-state index < -0.39 is 17.4 Å². The van der Waals surface area contributed by atoms with E-state index in [0.29, 0.717) is 6.54 Å². The van der Waals surface area contributed by atoms with E-state index in [1.165, 1.54) is 7.11 Å². The second-order valence-corrected chi connectivity index (χ2v) is 6.18. The van der Waals surface area contributed by atoms with E-state index in [2.05, 4.69) is 0 Å². The Kier molecular flexibility index (Phi) is 2.72. The molecule has 1 aromatic rings. The highest BCUT2D eigenvalue weighted by atomic mass is 16.5. The first-order chi connectivity index (χ1) is 10.6. The molecular formula is C17H17NO4. The first-order valence-electron chi connectivity index (χ1n) is 7.39. The number of esters is 1. The molecule has 1 spiro atoms. The van der Waals surface area contributed by atoms with Gasteiger partial charge < -0.3 is 14.4 Å². The zero-order valence-corrected chi connectivity index (χ0v) is 12.5. The summed E-state index contributed by atoms with van der Waals surface area (Å²) in [5.41, 5.74) is 1.28. The molecule has 5 nitrogen and oxygen atoms in total. The lowest BCUT2D eigenvalue weighted by Gasteiger charge is -2.22. The summed E-state index contributed by atoms with van der Waals surface area (Å²) in [7, 11) is 1.35. The van der Waals surface area contributed by atoms with Gasteiger partial charge in [-0.25, -0.2) is 0 Å². The molecule has 0 aromatic heterocycles. The Bertz CT molecular complexity index is 680. The quantitative estimate of drug-likeness (QED) is 0.613. The number of hydrogen-bond donors (Lipinski definition) is 0. The van der Waals surface area contributed by atoms with Gasteiger partial charge >= 0.3 is 5.97 Å². The normalized spacial score (nSPS) is 35.1. The number of rotatable bonds is 2. The Morgan fingerprint density at radius 2 is 2.09 bits per heavy atom. The van der Waals surface area contributed by atoms with Crippen molar-refractivity contribution in [3.05, 3.63) is 42.0 Å². The van der Waals surface area contributed by atoms with Crippen LogP contribution in [0.2, 0.25) is 0 Å². The standard InChI is InChI=1S/C17H17NO4/c1-10-3-5-11(6-4-10)18-9-17-8-7-12(22-17)13(16(20)21-2)14(17)15(18)19/h3-8,12-14H,9H2,1-2H3/t12-,13+,14-,17-/m1/s1. The second-order valence-electron chi connectivity index (χ2n) is 6.18. The zero-order chi connectivity index (χ0) is 15.5. The van der Waals surface area contributed by atoms with Gasteiger partial charge in [-0.1, -0.05) is 29.8 Å². The first-order valence-corrected chi connectivity index (χ1v) is 7.39. The van der Waals surface area contributed by atoms with Crippen molar-refractivity contribution in [3.63, 3.8) is 0 Å². The molecule has 3 aliphatic heterocycles. The van der Waals surface area contributed by atoms with Crippen molar-refractivity contribution in [3.8, 4) is 0 Å². The highest BCUT2D eigenvalue weighted by Gasteiger charge is 2.67. The van der Waals surface area contributed by atoms with E-state index in [0.717, 1.165) is 11.3 Å². The maximum atomic E-state index is 12.9. The number of ether oxygens (including phenoxy) is 2. The summed E-state index contributed by atoms with van der Waals surface area (Å²) in [4.78, 5) is 26.7. The highest BCUT2D eigenvalue weighted by Crippen LogP contribution is 2.52. The summed E-state index contributed by atoms with van der Waals surface area (Å²) < 4.78 is 10.9. The van der Waals surface area contributed by atoms with E-state index >= 15 is 0 Å². The minimum Gasteiger partial charge on any atom is -0.469 e. The molecule has 3 aliphatic rings. The number of carbonyl (C=O) groups is 2. The SMILES string of the molecule is COC(=O)[C@H]1[C@H]2C=C[C@]3(CN(c4ccc(C)cc4)C(=O)[C@@H]13)O2. The van der Waals surface area contributed by atoms with Gasteiger partial charge in [-0.3, -0.25) is 9.59 Å². The third kappa shape index (κ3) is 1.63. The Labute approximate surface area is 128 Å². The van der Waals surface area contributed by atoms with Gasteiger partial charge in [-0.2, -0.15) is 0 Å². The summed E-state index contributed by atoms with van der Waals surface area (Å²) in [5, 5.41) is 0. The van der Waals surface area contributed by atoms with Crippen LogP contribution in [0.15, 0.2) is 36.4 Å². The highest BCUT2D eigenvalue weighted by molar-refractivity contribution is 6.02. The van der Waals surface area contributed by atoms with Gasteiger partial charge in [0.05, 0.1) is 25.7 Å². The van der Waals surface area contributed by atoms with Crippen LogP contribution in [0.25, 0.3) is 0 Å². The number of benzene rings is 1. The molecule has 5 heteroatoms. The largest absolute Gasteiger partial charge is 0.469 e. The van der Waals surface area contributed by atoms with Crippen LogP contribution >= 0.6 is 0 Å². The predicted octanol–water partition coefficient (Wildman–Crippen LogP) is 1.45. The third-order valence-corrected chi connectivity index (χ3v) is 4.92. The van der Waals surface area contributed by atoms with Crippen molar-refractivity contribution in [1.82, 2.24) is 0 Å². The molecule has 1 aromatic carbocycles. The molecule has 4 rings (SSSR count). The van der Waals surface area contributed by atoms with Gasteiger partial charge in [0.25, 0.3) is 0 Å². The van der Waals surface area contributed by atoms with Crippen molar-refractivity contribution in [1.29, 1.82) is 0 Å². The lowest BCUT2D eigenvalue weighted by molar-refractivity contribution is -0.149. The van der Waals surface area contributed by atoms with Crippen molar-refractivity contribution >= 4 is 17.6 Å². The van der Waals surface area contributed by atoms with E-state index in [-0.39, 0.29) is 18.0 Å². The summed E-state index contributed by atoms with van der Waals surface area (Å²) in [6.07, 6.45) is 3.47. The molecular weight excluding hydrogens is 282 g/mol. The first kappa shape index (κ1) is 13.5. The van der Waals surface area contributed by atoms with E-state index in [9.17, 15) is 9.59 Å². The van der Waals surface area contributed by atoms with E-state index in [1.807, 2.05) is 43.3 Å². The minimum atomic E-state index is -0.689. The maximum Gasteiger partial charge on any atom is 0.312 e. The van der Waals surface area contributed by atoms with Crippen molar-refractivity contribution in [2.45, 2.75) is 18.6 Å². The van der Waals surface area contributed by atoms with Crippen molar-refractivity contribution < 1.29 is 19.1 Å². The molecule has 114 valence electrons. The molecule has 2 saturated heterocycles. The number of aryl methyl sites for hydroxylation is 1. The predicted molar refractivity (Wildman–Crippen MR) is 79.3 cm³/mol. The summed E-state index contributed by atoms with van der Waals surface area (Å²) in [6, 6.07) is 7.79. The molecule has 0 saturated carbocycles. The number of carbonyl (C=O) groups excluding carboxylic acids is 2. The van der Waals surface area contributed by atoms with Crippen LogP contribution in [0, 0.1) is 18.8 Å². The fraction of sp³-hybridized carbons (Fsp3) is 0.412. The van der Waals surface area contributed by atoms with Crippen LogP contribution in [0.3, 0.4) is 0 Å². The van der Waals surface area contributed by atoms with E-state index in [4.69, 9.17) is 9.47 Å². The minimum absolute atomic E-state index is 0.0638. The summed E-state index contributed by atoms with van der Waals surface area (Å²) in [6.45, 7) is 2.45. The monoisotopic (exact) mass is 299 g/mol. The number of fused-ring (bicyclic) bond motifs is 1. The third-order valence-electron chi connectivity index (χ3n) is 4.92. The zero-order valence-electron chi connectivity index (χ0n) is 12.5. The second kappa shape index (κ2) is 4.43. The van der Waals surface area contributed by atoms with E-state index in [1.54, 1.807) is 4.90 Å². The van der Waals surface area contributed by atoms with Gasteiger partial charge in [0, 0.05) is 5.69 Å². The molecule has 0 radical (unpaired) electrons. The van der Waals surface area contributed by atoms with Gasteiger partial charge in [0.2, 0.25) is 5.91 Å². The van der Waals surface area contributed by atoms with Crippen LogP contribution in [-0.2, 0) is 19.1 Å². The lowest BCUT2D eigenvalue weighted by Crippen LogP contribution is -2.39. The Morgan fingerprint density at radius 3 is 2.77 bits per heavy atom. The maximum absolute atomic E-state index is 12.9. The molecule has 2 fully saturated rings. The summed E-state index contributed by atoms with van der Waals surface area (Å²) in [5.74, 6) is -1.47. The number of nitrogens with zero attached hydrogens (tertiary/aromatic N) is 1. The molecule has 0 N–H and O–H groups in total. The fourth-order valence-corrected chi connectivity index (χ4v) is 3.85. The fourth-order valence-electron chi connectivity index (χ4n) is 3.85. The molecule has 4 atom stereocenters. The Balaban J connectivity index is 1.71. The Hall–Kier alpha value is -2.14. The molecule has 3 heterocycles. The van der Waals surface area contributed by atoms with Gasteiger partial charge in [0.1, 0.15) is 11.5 Å². The van der Waals surface area contributed by atoms with Gasteiger partial charge in [-0.15, -0.1) is 0 Å². The molecule has 0 aliphatic carbocycles. The van der Waals surface area contributed by atoms with Gasteiger partial charge in [0.15, 0.2) is 0 Å². The van der Waals surface area contributed by atoms with Crippen LogP contribution in [0.4, 0.5) is 5.69 Å². The van der Waals surface area contributed by atoms with Crippen LogP contribution in [0.5, 0.6) is 0 Å². The smallest absolute Gasteiger partial charge is 0.312 e. The average Bonchev–Trinajstić information content (AvgIpc) is 3.16. The Morgan fingerprint density at radius 1 is 1.36 bits per heavy atom. The topological polar surface area (TPSA) is 55.8 Å². The average molecular weight is 299 g/mol. The number of amides is 1. The molecule has 1 amide bonds. The van der Waals surface area contributed by atoms with Crippen LogP contribution < -0.4 is 4.90 Å². The number of anilines is 1. The molecule has 0 unspecified atom stereocenters. The molecule has 22 heavy (non-hydrogen) atoms.